The number of allylic oxidation sites excluding steroid dienone is 2. The van der Waals surface area contributed by atoms with Crippen molar-refractivity contribution in [2.45, 2.75) is 11.8 Å². The number of rotatable bonds is 6. The molecule has 0 N–H and O–H groups in total. The highest BCUT2D eigenvalue weighted by atomic mass is 32.2. The average molecular weight is 263 g/mol. The lowest BCUT2D eigenvalue weighted by Crippen LogP contribution is -2.26. The highest BCUT2D eigenvalue weighted by Gasteiger charge is 2.19. The Morgan fingerprint density at radius 1 is 1.22 bits per heavy atom. The van der Waals surface area contributed by atoms with Crippen molar-refractivity contribution in [3.05, 3.63) is 67.4 Å². The fourth-order valence-electron chi connectivity index (χ4n) is 1.37. The van der Waals surface area contributed by atoms with Crippen molar-refractivity contribution in [1.29, 1.82) is 0 Å². The Bertz CT molecular complexity index is 542. The second kappa shape index (κ2) is 6.21. The standard InChI is InChI=1S/C14H17NO2S/c1-4-6-12-15(11-5-2)18(16,17)14-9-7-13(3)8-10-14/h4-10,12H,1-2,11H2,3H3/b12-6+. The molecule has 0 heterocycles. The Morgan fingerprint density at radius 2 is 1.83 bits per heavy atom. The van der Waals surface area contributed by atoms with Crippen molar-refractivity contribution in [3.63, 3.8) is 0 Å². The predicted octanol–water partition coefficient (Wildman–Crippen LogP) is 2.87. The number of hydrogen-bond donors (Lipinski definition) is 0. The summed E-state index contributed by atoms with van der Waals surface area (Å²) >= 11 is 0. The molecule has 3 nitrogen and oxygen atoms in total. The Labute approximate surface area is 109 Å². The zero-order chi connectivity index (χ0) is 13.6. The molecule has 1 aromatic rings. The van der Waals surface area contributed by atoms with E-state index in [2.05, 4.69) is 13.2 Å². The third-order valence-electron chi connectivity index (χ3n) is 2.33. The van der Waals surface area contributed by atoms with E-state index < -0.39 is 10.0 Å². The molecule has 0 unspecified atom stereocenters. The molecular formula is C14H17NO2S. The van der Waals surface area contributed by atoms with E-state index in [1.54, 1.807) is 36.4 Å². The average Bonchev–Trinajstić information content (AvgIpc) is 2.35. The largest absolute Gasteiger partial charge is 0.270 e. The third kappa shape index (κ3) is 3.34. The molecule has 0 aliphatic rings. The van der Waals surface area contributed by atoms with Crippen molar-refractivity contribution in [1.82, 2.24) is 4.31 Å². The van der Waals surface area contributed by atoms with Crippen LogP contribution in [0.25, 0.3) is 0 Å². The molecule has 0 bridgehead atoms. The van der Waals surface area contributed by atoms with Gasteiger partial charge in [0, 0.05) is 6.20 Å². The van der Waals surface area contributed by atoms with E-state index in [0.717, 1.165) is 5.56 Å². The molecule has 0 aliphatic carbocycles. The van der Waals surface area contributed by atoms with Crippen LogP contribution in [-0.4, -0.2) is 19.3 Å². The molecule has 1 aromatic carbocycles. The predicted molar refractivity (Wildman–Crippen MR) is 74.6 cm³/mol. The van der Waals surface area contributed by atoms with E-state index in [9.17, 15) is 8.42 Å². The smallest absolute Gasteiger partial charge is 0.264 e. The van der Waals surface area contributed by atoms with E-state index >= 15 is 0 Å². The Hall–Kier alpha value is -1.81. The first-order valence-electron chi connectivity index (χ1n) is 5.51. The van der Waals surface area contributed by atoms with Crippen LogP contribution in [0.2, 0.25) is 0 Å². The van der Waals surface area contributed by atoms with Gasteiger partial charge in [-0.15, -0.1) is 6.58 Å². The minimum atomic E-state index is -3.52. The van der Waals surface area contributed by atoms with Crippen LogP contribution in [-0.2, 0) is 10.0 Å². The number of hydrogen-bond acceptors (Lipinski definition) is 2. The molecule has 0 aliphatic heterocycles. The first-order chi connectivity index (χ1) is 8.52. The summed E-state index contributed by atoms with van der Waals surface area (Å²) < 4.78 is 25.9. The van der Waals surface area contributed by atoms with Crippen molar-refractivity contribution in [2.24, 2.45) is 0 Å². The van der Waals surface area contributed by atoms with Crippen LogP contribution in [0.4, 0.5) is 0 Å². The minimum absolute atomic E-state index is 0.223. The Balaban J connectivity index is 3.15. The SMILES string of the molecule is C=C/C=C/N(CC=C)S(=O)(=O)c1ccc(C)cc1. The molecule has 0 amide bonds. The van der Waals surface area contributed by atoms with Gasteiger partial charge < -0.3 is 0 Å². The van der Waals surface area contributed by atoms with Crippen LogP contribution in [0.1, 0.15) is 5.56 Å². The van der Waals surface area contributed by atoms with Crippen LogP contribution < -0.4 is 0 Å². The topological polar surface area (TPSA) is 37.4 Å². The van der Waals surface area contributed by atoms with E-state index in [1.165, 1.54) is 16.6 Å². The zero-order valence-electron chi connectivity index (χ0n) is 10.4. The van der Waals surface area contributed by atoms with Gasteiger partial charge in [0.2, 0.25) is 0 Å². The molecular weight excluding hydrogens is 246 g/mol. The fourth-order valence-corrected chi connectivity index (χ4v) is 2.65. The van der Waals surface area contributed by atoms with Gasteiger partial charge in [-0.05, 0) is 25.1 Å². The van der Waals surface area contributed by atoms with Gasteiger partial charge >= 0.3 is 0 Å². The third-order valence-corrected chi connectivity index (χ3v) is 4.08. The van der Waals surface area contributed by atoms with Crippen molar-refractivity contribution < 1.29 is 8.42 Å². The summed E-state index contributed by atoms with van der Waals surface area (Å²) in [6, 6.07) is 6.75. The van der Waals surface area contributed by atoms with Gasteiger partial charge in [0.05, 0.1) is 11.4 Å². The first-order valence-corrected chi connectivity index (χ1v) is 6.95. The summed E-state index contributed by atoms with van der Waals surface area (Å²) in [4.78, 5) is 0.267. The van der Waals surface area contributed by atoms with E-state index in [0.29, 0.717) is 0 Å². The van der Waals surface area contributed by atoms with Gasteiger partial charge in [-0.2, -0.15) is 0 Å². The van der Waals surface area contributed by atoms with Crippen molar-refractivity contribution in [2.75, 3.05) is 6.54 Å². The second-order valence-electron chi connectivity index (χ2n) is 3.75. The molecule has 0 fully saturated rings. The van der Waals surface area contributed by atoms with Crippen LogP contribution in [0, 0.1) is 6.92 Å². The van der Waals surface area contributed by atoms with Crippen molar-refractivity contribution >= 4 is 10.0 Å². The number of aryl methyl sites for hydroxylation is 1. The summed E-state index contributed by atoms with van der Waals surface area (Å²) in [6.07, 6.45) is 6.12. The van der Waals surface area contributed by atoms with E-state index in [4.69, 9.17) is 0 Å². The quantitative estimate of drug-likeness (QED) is 0.584. The normalized spacial score (nSPS) is 11.4. The zero-order valence-corrected chi connectivity index (χ0v) is 11.2. The Kier molecular flexibility index (Phi) is 4.92. The lowest BCUT2D eigenvalue weighted by atomic mass is 10.2. The molecule has 1 rings (SSSR count). The number of benzene rings is 1. The number of sulfonamides is 1. The molecule has 0 radical (unpaired) electrons. The highest BCUT2D eigenvalue weighted by molar-refractivity contribution is 7.89. The molecule has 0 saturated heterocycles. The maximum absolute atomic E-state index is 12.3. The lowest BCUT2D eigenvalue weighted by molar-refractivity contribution is 0.522. The van der Waals surface area contributed by atoms with Gasteiger partial charge in [0.25, 0.3) is 10.0 Å². The van der Waals surface area contributed by atoms with Gasteiger partial charge in [0.15, 0.2) is 0 Å². The van der Waals surface area contributed by atoms with Crippen LogP contribution >= 0.6 is 0 Å². The minimum Gasteiger partial charge on any atom is -0.270 e. The van der Waals surface area contributed by atoms with E-state index in [1.807, 2.05) is 6.92 Å². The molecule has 0 saturated carbocycles. The summed E-state index contributed by atoms with van der Waals surface area (Å²) in [6.45, 7) is 9.22. The van der Waals surface area contributed by atoms with Crippen LogP contribution in [0.15, 0.2) is 66.7 Å². The fraction of sp³-hybridized carbons (Fsp3) is 0.143. The maximum atomic E-state index is 12.3. The van der Waals surface area contributed by atoms with E-state index in [-0.39, 0.29) is 11.4 Å². The lowest BCUT2D eigenvalue weighted by Gasteiger charge is -2.18. The maximum Gasteiger partial charge on any atom is 0.264 e. The summed E-state index contributed by atoms with van der Waals surface area (Å²) in [5.41, 5.74) is 1.02. The molecule has 0 atom stereocenters. The molecule has 0 spiro atoms. The Morgan fingerprint density at radius 3 is 2.33 bits per heavy atom. The highest BCUT2D eigenvalue weighted by Crippen LogP contribution is 2.16. The summed E-state index contributed by atoms with van der Waals surface area (Å²) in [5, 5.41) is 0. The molecule has 18 heavy (non-hydrogen) atoms. The van der Waals surface area contributed by atoms with Crippen LogP contribution in [0.5, 0.6) is 0 Å². The van der Waals surface area contributed by atoms with Crippen molar-refractivity contribution in [3.8, 4) is 0 Å². The molecule has 0 aromatic heterocycles. The van der Waals surface area contributed by atoms with Gasteiger partial charge in [-0.1, -0.05) is 36.4 Å². The van der Waals surface area contributed by atoms with Gasteiger partial charge in [-0.3, -0.25) is 4.31 Å². The molecule has 4 heteroatoms. The molecule has 96 valence electrons. The first kappa shape index (κ1) is 14.3. The summed E-state index contributed by atoms with van der Waals surface area (Å²) in [7, 11) is -3.52. The summed E-state index contributed by atoms with van der Waals surface area (Å²) in [5.74, 6) is 0. The number of nitrogens with zero attached hydrogens (tertiary/aromatic N) is 1. The van der Waals surface area contributed by atoms with Gasteiger partial charge in [0.1, 0.15) is 0 Å². The second-order valence-corrected chi connectivity index (χ2v) is 5.64. The monoisotopic (exact) mass is 263 g/mol. The van der Waals surface area contributed by atoms with Crippen LogP contribution in [0.3, 0.4) is 0 Å². The van der Waals surface area contributed by atoms with Gasteiger partial charge in [-0.25, -0.2) is 8.42 Å².